The van der Waals surface area contributed by atoms with E-state index in [0.29, 0.717) is 44.4 Å². The number of halogens is 2. The first kappa shape index (κ1) is 73.7. The molecule has 1 aliphatic heterocycles. The average Bonchev–Trinajstić information content (AvgIpc) is 3.69. The molecule has 0 bridgehead atoms. The van der Waals surface area contributed by atoms with E-state index < -0.39 is 121 Å². The molecule has 4 N–H and O–H groups in total. The fourth-order valence-electron chi connectivity index (χ4n) is 11.1. The van der Waals surface area contributed by atoms with Crippen LogP contribution in [0.1, 0.15) is 150 Å². The highest BCUT2D eigenvalue weighted by molar-refractivity contribution is 6.25. The number of carbonyl (C=O) groups is 11. The third kappa shape index (κ3) is 23.9. The third-order valence-corrected chi connectivity index (χ3v) is 17.6. The second-order valence-corrected chi connectivity index (χ2v) is 24.4. The van der Waals surface area contributed by atoms with Crippen LogP contribution >= 0.6 is 23.2 Å². The van der Waals surface area contributed by atoms with Crippen LogP contribution in [0.2, 0.25) is 0 Å². The SMILES string of the molecule is CC[C@H](C)[C@@H]1NC(=O)[C@H](C)N(C)C(=O)CCN(C)C(=O)[C@H](C2CCCCC2)N(C)C(=O)CCCCNC(=O)[C@H](C)NC(=O)[C@H](CCOC(/C=C/Cl)CCCCl)NC(=O)CN(C)C(=O)[C@H](CC2CCCCC2)N(C)C(=O)CN(C)C(=O)CN(C)C1=O. The molecule has 8 atom stereocenters. The predicted molar refractivity (Wildman–Crippen MR) is 325 cm³/mol. The summed E-state index contributed by atoms with van der Waals surface area (Å²) in [4.78, 5) is 163. The second kappa shape index (κ2) is 37.9. The molecule has 25 heteroatoms. The van der Waals surface area contributed by atoms with Crippen LogP contribution in [0.5, 0.6) is 0 Å². The van der Waals surface area contributed by atoms with Gasteiger partial charge in [0.2, 0.25) is 65.0 Å². The number of ether oxygens (including phenoxy) is 1. The topological polar surface area (TPSA) is 268 Å². The van der Waals surface area contributed by atoms with E-state index in [2.05, 4.69) is 21.3 Å². The van der Waals surface area contributed by atoms with Gasteiger partial charge in [0, 0.05) is 93.3 Å². The average molecular weight is 1240 g/mol. The van der Waals surface area contributed by atoms with Crippen LogP contribution in [0.25, 0.3) is 0 Å². The van der Waals surface area contributed by atoms with Crippen molar-refractivity contribution >= 4 is 88.2 Å². The molecule has 1 unspecified atom stereocenters. The quantitative estimate of drug-likeness (QED) is 0.193. The van der Waals surface area contributed by atoms with Gasteiger partial charge in [0.15, 0.2) is 0 Å². The van der Waals surface area contributed by atoms with Crippen LogP contribution in [-0.2, 0) is 57.5 Å². The van der Waals surface area contributed by atoms with Gasteiger partial charge in [-0.25, -0.2) is 0 Å². The summed E-state index contributed by atoms with van der Waals surface area (Å²) >= 11 is 11.8. The zero-order valence-corrected chi connectivity index (χ0v) is 54.1. The van der Waals surface area contributed by atoms with E-state index in [1.807, 2.05) is 6.92 Å². The Hall–Kier alpha value is -5.55. The van der Waals surface area contributed by atoms with E-state index in [-0.39, 0.29) is 62.6 Å². The molecule has 0 spiro atoms. The van der Waals surface area contributed by atoms with Crippen LogP contribution in [0, 0.1) is 17.8 Å². The van der Waals surface area contributed by atoms with Crippen molar-refractivity contribution in [2.24, 2.45) is 17.8 Å². The van der Waals surface area contributed by atoms with Crippen molar-refractivity contribution in [2.75, 3.05) is 94.5 Å². The molecule has 0 aromatic rings. The molecule has 2 aliphatic carbocycles. The van der Waals surface area contributed by atoms with Gasteiger partial charge in [0.25, 0.3) is 0 Å². The van der Waals surface area contributed by atoms with Gasteiger partial charge in [-0.1, -0.05) is 83.2 Å². The van der Waals surface area contributed by atoms with Crippen molar-refractivity contribution in [3.8, 4) is 0 Å². The molecule has 0 aromatic heterocycles. The Labute approximate surface area is 515 Å². The van der Waals surface area contributed by atoms with Gasteiger partial charge < -0.3 is 60.3 Å². The standard InChI is InChI=1S/C60H101Cl2N11O12/c1-12-40(2)53-59(83)70(8)38-51(77)68(6)39-52(78)72(10)47(36-43-22-15-13-16-23-43)58(82)69(7)37-48(74)65-46(30-35-85-45(28-32-62)26-21-31-61)57(81)64-41(3)55(79)63-33-20-19-27-49(75)73(11)54(44-24-17-14-18-25-44)60(84)67(5)34-29-50(76)71(9)42(4)56(80)66-53/h28,32,40-47,53-54H,12-27,29-31,33-39H2,1-11H3,(H,63,79)(H,64,81)(H,65,74)(H,66,80)/b32-28+/t40-,41-,42-,45?,46-,47-,53-,54-/m0/s1. The minimum absolute atomic E-state index is 0.00617. The summed E-state index contributed by atoms with van der Waals surface area (Å²) in [6.07, 6.45) is 12.8. The fraction of sp³-hybridized carbons (Fsp3) is 0.783. The van der Waals surface area contributed by atoms with Crippen LogP contribution in [-0.4, -0.2) is 236 Å². The Kier molecular flexibility index (Phi) is 32.9. The molecule has 2 saturated carbocycles. The normalized spacial score (nSPS) is 26.1. The summed E-state index contributed by atoms with van der Waals surface area (Å²) in [7, 11) is 10.4. The highest BCUT2D eigenvalue weighted by Gasteiger charge is 2.39. The number of carbonyl (C=O) groups excluding carboxylic acids is 11. The van der Waals surface area contributed by atoms with Crippen LogP contribution in [0.4, 0.5) is 0 Å². The molecular weight excluding hydrogens is 1140 g/mol. The van der Waals surface area contributed by atoms with Gasteiger partial charge in [-0.05, 0) is 89.0 Å². The highest BCUT2D eigenvalue weighted by Crippen LogP contribution is 2.31. The van der Waals surface area contributed by atoms with Gasteiger partial charge in [0.05, 0.1) is 25.7 Å². The maximum atomic E-state index is 14.5. The van der Waals surface area contributed by atoms with Crippen molar-refractivity contribution in [3.63, 3.8) is 0 Å². The predicted octanol–water partition coefficient (Wildman–Crippen LogP) is 3.63. The first-order valence-electron chi connectivity index (χ1n) is 30.7. The molecular formula is C60H101Cl2N11O12. The lowest BCUT2D eigenvalue weighted by Gasteiger charge is -2.38. The number of nitrogens with one attached hydrogen (secondary N) is 4. The minimum Gasteiger partial charge on any atom is -0.374 e. The molecule has 1 saturated heterocycles. The molecule has 11 amide bonds. The molecule has 23 nitrogen and oxygen atoms in total. The lowest BCUT2D eigenvalue weighted by molar-refractivity contribution is -0.148. The van der Waals surface area contributed by atoms with Crippen molar-refractivity contribution in [3.05, 3.63) is 11.6 Å². The number of alkyl halides is 1. The first-order valence-corrected chi connectivity index (χ1v) is 31.6. The Morgan fingerprint density at radius 1 is 0.624 bits per heavy atom. The highest BCUT2D eigenvalue weighted by atomic mass is 35.5. The summed E-state index contributed by atoms with van der Waals surface area (Å²) in [5, 5.41) is 11.0. The molecule has 0 radical (unpaired) electrons. The van der Waals surface area contributed by atoms with E-state index in [9.17, 15) is 52.7 Å². The molecule has 85 heavy (non-hydrogen) atoms. The molecule has 482 valence electrons. The number of nitrogens with zero attached hydrogens (tertiary/aromatic N) is 7. The van der Waals surface area contributed by atoms with Crippen LogP contribution < -0.4 is 21.3 Å². The number of hydrogen-bond acceptors (Lipinski definition) is 12. The third-order valence-electron chi connectivity index (χ3n) is 17.2. The van der Waals surface area contributed by atoms with Crippen LogP contribution in [0.3, 0.4) is 0 Å². The maximum absolute atomic E-state index is 14.5. The van der Waals surface area contributed by atoms with Crippen molar-refractivity contribution < 1.29 is 57.5 Å². The maximum Gasteiger partial charge on any atom is 0.245 e. The first-order chi connectivity index (χ1) is 40.3. The van der Waals surface area contributed by atoms with Crippen molar-refractivity contribution in [2.45, 2.75) is 192 Å². The Bertz CT molecular complexity index is 2270. The van der Waals surface area contributed by atoms with E-state index in [0.717, 1.165) is 69.1 Å². The fourth-order valence-corrected chi connectivity index (χ4v) is 11.4. The van der Waals surface area contributed by atoms with Crippen LogP contribution in [0.15, 0.2) is 11.6 Å². The summed E-state index contributed by atoms with van der Waals surface area (Å²) < 4.78 is 6.02. The Balaban J connectivity index is 1.97. The van der Waals surface area contributed by atoms with E-state index in [1.54, 1.807) is 27.1 Å². The summed E-state index contributed by atoms with van der Waals surface area (Å²) in [5.41, 5.74) is 1.32. The summed E-state index contributed by atoms with van der Waals surface area (Å²) in [6, 6.07) is -6.22. The van der Waals surface area contributed by atoms with Crippen molar-refractivity contribution in [1.82, 2.24) is 55.6 Å². The lowest BCUT2D eigenvalue weighted by atomic mass is 9.82. The number of amides is 11. The van der Waals surface area contributed by atoms with Gasteiger partial charge in [-0.2, -0.15) is 0 Å². The van der Waals surface area contributed by atoms with E-state index in [4.69, 9.17) is 27.9 Å². The molecule has 3 aliphatic rings. The Morgan fingerprint density at radius 3 is 1.86 bits per heavy atom. The van der Waals surface area contributed by atoms with Gasteiger partial charge >= 0.3 is 0 Å². The molecule has 3 rings (SSSR count). The minimum atomic E-state index is -1.23. The van der Waals surface area contributed by atoms with Gasteiger partial charge in [-0.3, -0.25) is 52.7 Å². The largest absolute Gasteiger partial charge is 0.374 e. The molecule has 1 heterocycles. The number of rotatable bonds is 13. The number of likely N-dealkylation sites (N-methyl/N-ethyl adjacent to an activating group) is 7. The van der Waals surface area contributed by atoms with E-state index in [1.165, 1.54) is 84.0 Å². The van der Waals surface area contributed by atoms with Crippen molar-refractivity contribution in [1.29, 1.82) is 0 Å². The van der Waals surface area contributed by atoms with E-state index >= 15 is 0 Å². The monoisotopic (exact) mass is 1240 g/mol. The summed E-state index contributed by atoms with van der Waals surface area (Å²) in [6.45, 7) is 5.39. The zero-order valence-electron chi connectivity index (χ0n) is 52.6. The lowest BCUT2D eigenvalue weighted by Crippen LogP contribution is -2.57. The smallest absolute Gasteiger partial charge is 0.245 e. The second-order valence-electron chi connectivity index (χ2n) is 23.8. The summed E-state index contributed by atoms with van der Waals surface area (Å²) in [5.74, 6) is -5.79. The number of hydrogen-bond donors (Lipinski definition) is 4. The van der Waals surface area contributed by atoms with Gasteiger partial charge in [0.1, 0.15) is 36.3 Å². The Morgan fingerprint density at radius 2 is 1.24 bits per heavy atom. The zero-order chi connectivity index (χ0) is 63.5. The molecule has 0 aromatic carbocycles. The molecule has 3 fully saturated rings. The van der Waals surface area contributed by atoms with Gasteiger partial charge in [-0.15, -0.1) is 11.6 Å².